The number of nitro benzene ring substituents is 1. The summed E-state index contributed by atoms with van der Waals surface area (Å²) in [7, 11) is 4.64. The molecule has 2 aromatic carbocycles. The number of ether oxygens (including phenoxy) is 1. The number of nitrogens with zero attached hydrogens (tertiary/aromatic N) is 4. The quantitative estimate of drug-likeness (QED) is 0.299. The zero-order valence-electron chi connectivity index (χ0n) is 16.4. The number of aryl methyl sites for hydroxylation is 2. The second-order valence-electron chi connectivity index (χ2n) is 6.41. The van der Waals surface area contributed by atoms with Crippen molar-refractivity contribution in [1.82, 2.24) is 9.13 Å². The molecule has 152 valence electrons. The Morgan fingerprint density at radius 3 is 2.53 bits per heavy atom. The van der Waals surface area contributed by atoms with Crippen LogP contribution in [0.2, 0.25) is 0 Å². The van der Waals surface area contributed by atoms with E-state index in [1.165, 1.54) is 40.5 Å². The molecule has 3 aromatic rings. The fraction of sp³-hybridized carbons (Fsp3) is 0.150. The lowest BCUT2D eigenvalue weighted by atomic mass is 10.1. The fourth-order valence-corrected chi connectivity index (χ4v) is 3.01. The van der Waals surface area contributed by atoms with Crippen LogP contribution in [0.4, 0.5) is 11.4 Å². The first kappa shape index (κ1) is 20.3. The van der Waals surface area contributed by atoms with Crippen LogP contribution in [-0.4, -0.2) is 27.1 Å². The summed E-state index contributed by atoms with van der Waals surface area (Å²) in [6, 6.07) is 10.8. The Bertz CT molecular complexity index is 1310. The van der Waals surface area contributed by atoms with Gasteiger partial charge in [0.05, 0.1) is 29.1 Å². The number of carbonyl (C=O) groups excluding carboxylic acids is 1. The van der Waals surface area contributed by atoms with Crippen LogP contribution < -0.4 is 15.7 Å². The van der Waals surface area contributed by atoms with E-state index in [1.54, 1.807) is 38.4 Å². The second-order valence-corrected chi connectivity index (χ2v) is 6.41. The molecular weight excluding hydrogens is 390 g/mol. The third-order valence-corrected chi connectivity index (χ3v) is 4.62. The number of rotatable bonds is 5. The lowest BCUT2D eigenvalue weighted by molar-refractivity contribution is -0.384. The van der Waals surface area contributed by atoms with Gasteiger partial charge in [-0.25, -0.2) is 4.79 Å². The van der Waals surface area contributed by atoms with Gasteiger partial charge in [0.15, 0.2) is 0 Å². The first-order chi connectivity index (χ1) is 14.3. The molecule has 30 heavy (non-hydrogen) atoms. The monoisotopic (exact) mass is 407 g/mol. The zero-order valence-corrected chi connectivity index (χ0v) is 16.4. The summed E-state index contributed by atoms with van der Waals surface area (Å²) in [6.07, 6.45) is 1.35. The van der Waals surface area contributed by atoms with Gasteiger partial charge >= 0.3 is 5.69 Å². The summed E-state index contributed by atoms with van der Waals surface area (Å²) >= 11 is 0. The molecule has 0 aliphatic rings. The highest BCUT2D eigenvalue weighted by Crippen LogP contribution is 2.29. The lowest BCUT2D eigenvalue weighted by Gasteiger charge is -2.07. The third-order valence-electron chi connectivity index (χ3n) is 4.62. The standard InChI is InChI=1S/C20H17N5O5/c1-23-16-7-4-12(9-18(16)24(2)20(23)27)8-13(11-21)19(26)22-15-6-5-14(30-3)10-17(15)25(28)29/h4-10H,1-3H3,(H,22,26)/b13-8+. The number of carbonyl (C=O) groups is 1. The maximum Gasteiger partial charge on any atom is 0.328 e. The van der Waals surface area contributed by atoms with Crippen LogP contribution in [0.25, 0.3) is 17.1 Å². The van der Waals surface area contributed by atoms with Gasteiger partial charge in [-0.05, 0) is 35.9 Å². The highest BCUT2D eigenvalue weighted by molar-refractivity contribution is 6.10. The topological polar surface area (TPSA) is 132 Å². The van der Waals surface area contributed by atoms with Crippen molar-refractivity contribution in [3.8, 4) is 11.8 Å². The van der Waals surface area contributed by atoms with Crippen LogP contribution in [0.1, 0.15) is 5.56 Å². The van der Waals surface area contributed by atoms with Gasteiger partial charge in [-0.2, -0.15) is 5.26 Å². The number of hydrogen-bond acceptors (Lipinski definition) is 6. The predicted octanol–water partition coefficient (Wildman–Crippen LogP) is 2.34. The number of nitro groups is 1. The normalized spacial score (nSPS) is 11.2. The molecule has 3 rings (SSSR count). The van der Waals surface area contributed by atoms with Crippen molar-refractivity contribution in [3.05, 3.63) is 68.1 Å². The Morgan fingerprint density at radius 1 is 1.20 bits per heavy atom. The first-order valence-corrected chi connectivity index (χ1v) is 8.68. The van der Waals surface area contributed by atoms with Crippen molar-refractivity contribution in [2.45, 2.75) is 0 Å². The Hall–Kier alpha value is -4.39. The molecule has 0 fully saturated rings. The van der Waals surface area contributed by atoms with Gasteiger partial charge < -0.3 is 10.1 Å². The average molecular weight is 407 g/mol. The van der Waals surface area contributed by atoms with Gasteiger partial charge in [0.25, 0.3) is 11.6 Å². The SMILES string of the molecule is COc1ccc(NC(=O)/C(C#N)=C/c2ccc3c(c2)n(C)c(=O)n3C)c([N+](=O)[O-])c1. The van der Waals surface area contributed by atoms with E-state index in [2.05, 4.69) is 5.32 Å². The minimum Gasteiger partial charge on any atom is -0.496 e. The maximum absolute atomic E-state index is 12.6. The molecule has 0 radical (unpaired) electrons. The zero-order chi connectivity index (χ0) is 22.0. The highest BCUT2D eigenvalue weighted by Gasteiger charge is 2.19. The second kappa shape index (κ2) is 7.92. The fourth-order valence-electron chi connectivity index (χ4n) is 3.01. The van der Waals surface area contributed by atoms with Crippen molar-refractivity contribution < 1.29 is 14.5 Å². The molecule has 0 bridgehead atoms. The number of nitrogens with one attached hydrogen (secondary N) is 1. The summed E-state index contributed by atoms with van der Waals surface area (Å²) < 4.78 is 7.91. The van der Waals surface area contributed by atoms with Crippen LogP contribution in [0.15, 0.2) is 46.8 Å². The van der Waals surface area contributed by atoms with E-state index in [1.807, 2.05) is 0 Å². The number of amides is 1. The van der Waals surface area contributed by atoms with E-state index in [0.29, 0.717) is 16.6 Å². The van der Waals surface area contributed by atoms with Crippen molar-refractivity contribution in [3.63, 3.8) is 0 Å². The maximum atomic E-state index is 12.6. The molecule has 0 saturated heterocycles. The van der Waals surface area contributed by atoms with E-state index in [9.17, 15) is 25.0 Å². The largest absolute Gasteiger partial charge is 0.496 e. The molecule has 1 heterocycles. The number of methoxy groups -OCH3 is 1. The van der Waals surface area contributed by atoms with Crippen LogP contribution in [0, 0.1) is 21.4 Å². The predicted molar refractivity (Wildman–Crippen MR) is 110 cm³/mol. The minimum atomic E-state index is -0.798. The van der Waals surface area contributed by atoms with Crippen molar-refractivity contribution in [2.24, 2.45) is 14.1 Å². The third kappa shape index (κ3) is 3.64. The molecular formula is C20H17N5O5. The summed E-state index contributed by atoms with van der Waals surface area (Å²) in [5.41, 5.74) is 1.00. The van der Waals surface area contributed by atoms with Gasteiger partial charge in [-0.3, -0.25) is 24.0 Å². The highest BCUT2D eigenvalue weighted by atomic mass is 16.6. The summed E-state index contributed by atoms with van der Waals surface area (Å²) in [4.78, 5) is 35.2. The number of hydrogen-bond donors (Lipinski definition) is 1. The number of nitriles is 1. The van der Waals surface area contributed by atoms with Gasteiger partial charge in [-0.1, -0.05) is 6.07 Å². The number of fused-ring (bicyclic) bond motifs is 1. The van der Waals surface area contributed by atoms with Crippen LogP contribution in [-0.2, 0) is 18.9 Å². The molecule has 0 aliphatic carbocycles. The number of benzene rings is 2. The van der Waals surface area contributed by atoms with Crippen molar-refractivity contribution in [2.75, 3.05) is 12.4 Å². The van der Waals surface area contributed by atoms with Gasteiger partial charge in [0.1, 0.15) is 23.1 Å². The molecule has 1 amide bonds. The van der Waals surface area contributed by atoms with Gasteiger partial charge in [0.2, 0.25) is 0 Å². The molecule has 0 spiro atoms. The summed E-state index contributed by atoms with van der Waals surface area (Å²) in [5, 5.41) is 23.1. The number of aromatic nitrogens is 2. The molecule has 0 atom stereocenters. The molecule has 10 heteroatoms. The van der Waals surface area contributed by atoms with Crippen LogP contribution in [0.3, 0.4) is 0 Å². The molecule has 1 N–H and O–H groups in total. The smallest absolute Gasteiger partial charge is 0.328 e. The lowest BCUT2D eigenvalue weighted by Crippen LogP contribution is -2.19. The van der Waals surface area contributed by atoms with Gasteiger partial charge in [0, 0.05) is 14.1 Å². The van der Waals surface area contributed by atoms with Crippen molar-refractivity contribution in [1.29, 1.82) is 5.26 Å². The molecule has 1 aromatic heterocycles. The number of imidazole rings is 1. The Labute approximate surface area is 170 Å². The van der Waals surface area contributed by atoms with Gasteiger partial charge in [-0.15, -0.1) is 0 Å². The Morgan fingerprint density at radius 2 is 1.90 bits per heavy atom. The van der Waals surface area contributed by atoms with Crippen LogP contribution in [0.5, 0.6) is 5.75 Å². The Balaban J connectivity index is 1.96. The molecule has 0 saturated carbocycles. The minimum absolute atomic E-state index is 0.0622. The van der Waals surface area contributed by atoms with E-state index >= 15 is 0 Å². The van der Waals surface area contributed by atoms with Crippen LogP contribution >= 0.6 is 0 Å². The van der Waals surface area contributed by atoms with E-state index < -0.39 is 10.8 Å². The van der Waals surface area contributed by atoms with Crippen molar-refractivity contribution >= 4 is 34.4 Å². The molecule has 0 unspecified atom stereocenters. The molecule has 0 aliphatic heterocycles. The summed E-state index contributed by atoms with van der Waals surface area (Å²) in [5.74, 6) is -0.537. The van der Waals surface area contributed by atoms with E-state index in [4.69, 9.17) is 4.74 Å². The molecule has 10 nitrogen and oxygen atoms in total. The number of anilines is 1. The van der Waals surface area contributed by atoms with E-state index in [0.717, 1.165) is 0 Å². The summed E-state index contributed by atoms with van der Waals surface area (Å²) in [6.45, 7) is 0. The Kier molecular flexibility index (Phi) is 5.37. The average Bonchev–Trinajstić information content (AvgIpc) is 2.95. The van der Waals surface area contributed by atoms with E-state index in [-0.39, 0.29) is 28.4 Å². The first-order valence-electron chi connectivity index (χ1n) is 8.68.